The fraction of sp³-hybridized carbons (Fsp3) is 0.375. The standard InChI is InChI=1S/C16H15Cl2NOS2/c17-12-7-4-8-13(18)11(12)9-14-15(20)19(16(21)22-14)10-5-2-1-3-6-10/h4,7-10H,1-3,5-6H2/b14-9-. The molecule has 2 nitrogen and oxygen atoms in total. The van der Waals surface area contributed by atoms with Crippen molar-refractivity contribution in [3.8, 4) is 0 Å². The molecule has 1 aromatic carbocycles. The highest BCUT2D eigenvalue weighted by Gasteiger charge is 2.37. The third-order valence-electron chi connectivity index (χ3n) is 4.04. The Hall–Kier alpha value is -0.550. The highest BCUT2D eigenvalue weighted by Crippen LogP contribution is 2.38. The van der Waals surface area contributed by atoms with Crippen LogP contribution in [-0.2, 0) is 4.79 Å². The Morgan fingerprint density at radius 1 is 1.18 bits per heavy atom. The lowest BCUT2D eigenvalue weighted by molar-refractivity contribution is -0.124. The summed E-state index contributed by atoms with van der Waals surface area (Å²) in [5, 5.41) is 1.07. The van der Waals surface area contributed by atoms with Crippen molar-refractivity contribution in [1.82, 2.24) is 4.90 Å². The number of carbonyl (C=O) groups excluding carboxylic acids is 1. The predicted molar refractivity (Wildman–Crippen MR) is 98.3 cm³/mol. The number of thioether (sulfide) groups is 1. The number of nitrogens with zero attached hydrogens (tertiary/aromatic N) is 1. The Morgan fingerprint density at radius 3 is 2.45 bits per heavy atom. The third kappa shape index (κ3) is 3.21. The molecule has 116 valence electrons. The first-order chi connectivity index (χ1) is 10.6. The first kappa shape index (κ1) is 16.3. The summed E-state index contributed by atoms with van der Waals surface area (Å²) in [7, 11) is 0. The lowest BCUT2D eigenvalue weighted by atomic mass is 9.94. The summed E-state index contributed by atoms with van der Waals surface area (Å²) >= 11 is 19.1. The molecule has 0 N–H and O–H groups in total. The van der Waals surface area contributed by atoms with E-state index in [-0.39, 0.29) is 11.9 Å². The normalized spacial score (nSPS) is 21.9. The van der Waals surface area contributed by atoms with Crippen molar-refractivity contribution < 1.29 is 4.79 Å². The zero-order valence-electron chi connectivity index (χ0n) is 11.9. The number of benzene rings is 1. The summed E-state index contributed by atoms with van der Waals surface area (Å²) < 4.78 is 0.645. The number of carbonyl (C=O) groups is 1. The number of rotatable bonds is 2. The van der Waals surface area contributed by atoms with E-state index in [1.165, 1.54) is 18.2 Å². The molecule has 1 heterocycles. The SMILES string of the molecule is O=C1/C(=C/c2c(Cl)cccc2Cl)SC(=S)N1C1CCCCC1. The van der Waals surface area contributed by atoms with Crippen LogP contribution in [0.5, 0.6) is 0 Å². The molecule has 3 rings (SSSR count). The van der Waals surface area contributed by atoms with E-state index in [0.29, 0.717) is 24.8 Å². The zero-order chi connectivity index (χ0) is 15.7. The van der Waals surface area contributed by atoms with Crippen LogP contribution >= 0.6 is 47.2 Å². The van der Waals surface area contributed by atoms with Crippen LogP contribution in [0.4, 0.5) is 0 Å². The Morgan fingerprint density at radius 2 is 1.82 bits per heavy atom. The van der Waals surface area contributed by atoms with Gasteiger partial charge in [-0.2, -0.15) is 0 Å². The van der Waals surface area contributed by atoms with Crippen LogP contribution in [-0.4, -0.2) is 21.2 Å². The van der Waals surface area contributed by atoms with Gasteiger partial charge in [-0.05, 0) is 31.1 Å². The molecule has 6 heteroatoms. The molecule has 0 atom stereocenters. The molecule has 1 aliphatic carbocycles. The highest BCUT2D eigenvalue weighted by molar-refractivity contribution is 8.26. The number of halogens is 2. The van der Waals surface area contributed by atoms with Gasteiger partial charge in [-0.25, -0.2) is 0 Å². The summed E-state index contributed by atoms with van der Waals surface area (Å²) in [5.74, 6) is -0.0158. The molecule has 1 saturated carbocycles. The number of amides is 1. The fourth-order valence-corrected chi connectivity index (χ4v) is 4.80. The van der Waals surface area contributed by atoms with E-state index in [0.717, 1.165) is 25.7 Å². The average Bonchev–Trinajstić information content (AvgIpc) is 2.78. The van der Waals surface area contributed by atoms with Crippen LogP contribution < -0.4 is 0 Å². The van der Waals surface area contributed by atoms with Crippen molar-refractivity contribution in [3.63, 3.8) is 0 Å². The molecule has 0 aromatic heterocycles. The van der Waals surface area contributed by atoms with Gasteiger partial charge < -0.3 is 0 Å². The summed E-state index contributed by atoms with van der Waals surface area (Å²) in [4.78, 5) is 15.1. The monoisotopic (exact) mass is 371 g/mol. The van der Waals surface area contributed by atoms with Crippen molar-refractivity contribution in [2.24, 2.45) is 0 Å². The van der Waals surface area contributed by atoms with E-state index in [2.05, 4.69) is 0 Å². The van der Waals surface area contributed by atoms with Gasteiger partial charge in [0.2, 0.25) is 0 Å². The van der Waals surface area contributed by atoms with Gasteiger partial charge in [0, 0.05) is 21.7 Å². The molecule has 0 spiro atoms. The minimum Gasteiger partial charge on any atom is -0.290 e. The van der Waals surface area contributed by atoms with Crippen LogP contribution in [0.25, 0.3) is 6.08 Å². The van der Waals surface area contributed by atoms with Crippen LogP contribution in [0.1, 0.15) is 37.7 Å². The molecule has 0 unspecified atom stereocenters. The molecule has 0 radical (unpaired) electrons. The number of hydrogen-bond acceptors (Lipinski definition) is 3. The molecule has 1 aliphatic heterocycles. The van der Waals surface area contributed by atoms with Crippen LogP contribution in [0, 0.1) is 0 Å². The molecule has 2 fully saturated rings. The second-order valence-electron chi connectivity index (χ2n) is 5.48. The molecule has 22 heavy (non-hydrogen) atoms. The van der Waals surface area contributed by atoms with Gasteiger partial charge in [0.25, 0.3) is 5.91 Å². The zero-order valence-corrected chi connectivity index (χ0v) is 15.0. The lowest BCUT2D eigenvalue weighted by Crippen LogP contribution is -2.39. The van der Waals surface area contributed by atoms with Crippen molar-refractivity contribution in [2.45, 2.75) is 38.1 Å². The summed E-state index contributed by atoms with van der Waals surface area (Å²) in [5.41, 5.74) is 0.676. The largest absolute Gasteiger partial charge is 0.290 e. The van der Waals surface area contributed by atoms with Gasteiger partial charge in [0.15, 0.2) is 0 Å². The molecule has 1 amide bonds. The van der Waals surface area contributed by atoms with E-state index in [9.17, 15) is 4.79 Å². The molecule has 0 bridgehead atoms. The van der Waals surface area contributed by atoms with Crippen molar-refractivity contribution in [1.29, 1.82) is 0 Å². The van der Waals surface area contributed by atoms with Crippen LogP contribution in [0.15, 0.2) is 23.1 Å². The van der Waals surface area contributed by atoms with Gasteiger partial charge in [-0.1, -0.05) is 72.5 Å². The maximum Gasteiger partial charge on any atom is 0.266 e. The Labute approximate surface area is 149 Å². The summed E-state index contributed by atoms with van der Waals surface area (Å²) in [6.45, 7) is 0. The van der Waals surface area contributed by atoms with E-state index < -0.39 is 0 Å². The molecular formula is C16H15Cl2NOS2. The maximum atomic E-state index is 12.7. The minimum absolute atomic E-state index is 0.0158. The summed E-state index contributed by atoms with van der Waals surface area (Å²) in [6, 6.07) is 5.56. The Bertz CT molecular complexity index is 633. The smallest absolute Gasteiger partial charge is 0.266 e. The first-order valence-corrected chi connectivity index (χ1v) is 9.27. The molecule has 1 aromatic rings. The van der Waals surface area contributed by atoms with E-state index in [1.54, 1.807) is 29.2 Å². The van der Waals surface area contributed by atoms with Gasteiger partial charge in [0.1, 0.15) is 4.32 Å². The van der Waals surface area contributed by atoms with Gasteiger partial charge >= 0.3 is 0 Å². The lowest BCUT2D eigenvalue weighted by Gasteiger charge is -2.29. The van der Waals surface area contributed by atoms with Gasteiger partial charge in [0.05, 0.1) is 4.91 Å². The van der Waals surface area contributed by atoms with Crippen molar-refractivity contribution >= 4 is 63.5 Å². The maximum absolute atomic E-state index is 12.7. The second kappa shape index (κ2) is 6.91. The molecular weight excluding hydrogens is 357 g/mol. The van der Waals surface area contributed by atoms with Gasteiger partial charge in [-0.15, -0.1) is 0 Å². The minimum atomic E-state index is -0.0158. The highest BCUT2D eigenvalue weighted by atomic mass is 35.5. The van der Waals surface area contributed by atoms with Crippen molar-refractivity contribution in [2.75, 3.05) is 0 Å². The quantitative estimate of drug-likeness (QED) is 0.503. The van der Waals surface area contributed by atoms with Crippen LogP contribution in [0.2, 0.25) is 10.0 Å². The van der Waals surface area contributed by atoms with E-state index >= 15 is 0 Å². The summed E-state index contributed by atoms with van der Waals surface area (Å²) in [6.07, 6.45) is 7.40. The molecule has 2 aliphatic rings. The topological polar surface area (TPSA) is 20.3 Å². The number of thiocarbonyl (C=S) groups is 1. The Kier molecular flexibility index (Phi) is 5.13. The van der Waals surface area contributed by atoms with Gasteiger partial charge in [-0.3, -0.25) is 9.69 Å². The van der Waals surface area contributed by atoms with E-state index in [4.69, 9.17) is 35.4 Å². The van der Waals surface area contributed by atoms with Crippen LogP contribution in [0.3, 0.4) is 0 Å². The molecule has 1 saturated heterocycles. The first-order valence-electron chi connectivity index (χ1n) is 7.29. The fourth-order valence-electron chi connectivity index (χ4n) is 2.91. The van der Waals surface area contributed by atoms with E-state index in [1.807, 2.05) is 0 Å². The average molecular weight is 372 g/mol. The third-order valence-corrected chi connectivity index (χ3v) is 6.03. The second-order valence-corrected chi connectivity index (χ2v) is 7.97. The Balaban J connectivity index is 1.89. The van der Waals surface area contributed by atoms with Crippen molar-refractivity contribution in [3.05, 3.63) is 38.7 Å². The number of hydrogen-bond donors (Lipinski definition) is 0. The predicted octanol–water partition coefficient (Wildman–Crippen LogP) is 5.53.